The van der Waals surface area contributed by atoms with Crippen molar-refractivity contribution in [3.63, 3.8) is 0 Å². The van der Waals surface area contributed by atoms with Crippen LogP contribution in [0.2, 0.25) is 5.02 Å². The number of nitrogens with one attached hydrogen (secondary N) is 1. The normalized spacial score (nSPS) is 16.0. The van der Waals surface area contributed by atoms with Crippen LogP contribution in [0.5, 0.6) is 0 Å². The van der Waals surface area contributed by atoms with Crippen LogP contribution < -0.4 is 5.32 Å². The average molecular weight is 393 g/mol. The van der Waals surface area contributed by atoms with Gasteiger partial charge in [-0.25, -0.2) is 4.98 Å². The summed E-state index contributed by atoms with van der Waals surface area (Å²) in [6.07, 6.45) is 2.99. The van der Waals surface area contributed by atoms with Crippen LogP contribution in [0.15, 0.2) is 34.9 Å². The van der Waals surface area contributed by atoms with Crippen molar-refractivity contribution in [2.24, 2.45) is 0 Å². The van der Waals surface area contributed by atoms with E-state index in [1.54, 1.807) is 18.3 Å². The van der Waals surface area contributed by atoms with E-state index in [1.165, 1.54) is 0 Å². The lowest BCUT2D eigenvalue weighted by atomic mass is 9.86. The number of aryl methyl sites for hydroxylation is 1. The first-order valence-corrected chi connectivity index (χ1v) is 9.15. The van der Waals surface area contributed by atoms with E-state index in [2.05, 4.69) is 10.3 Å². The molecular formula is C19H21ClN2O5. The van der Waals surface area contributed by atoms with Gasteiger partial charge in [0.05, 0.1) is 18.2 Å². The Hall–Kier alpha value is -2.38. The summed E-state index contributed by atoms with van der Waals surface area (Å²) in [5.41, 5.74) is 0.108. The highest BCUT2D eigenvalue weighted by Gasteiger charge is 2.36. The molecule has 1 aromatic heterocycles. The molecule has 1 saturated heterocycles. The Balaban J connectivity index is 1.57. The van der Waals surface area contributed by atoms with E-state index < -0.39 is 11.5 Å². The Bertz CT molecular complexity index is 797. The number of amides is 1. The van der Waals surface area contributed by atoms with Crippen LogP contribution in [0, 0.1) is 0 Å². The highest BCUT2D eigenvalue weighted by molar-refractivity contribution is 6.30. The van der Waals surface area contributed by atoms with Gasteiger partial charge in [0.1, 0.15) is 0 Å². The number of ether oxygens (including phenoxy) is 1. The van der Waals surface area contributed by atoms with Crippen LogP contribution in [-0.2, 0) is 20.7 Å². The van der Waals surface area contributed by atoms with Gasteiger partial charge in [-0.2, -0.15) is 0 Å². The van der Waals surface area contributed by atoms with E-state index in [-0.39, 0.29) is 18.7 Å². The molecule has 2 aromatic rings. The SMILES string of the molecule is O=C(O)CC1(NC(=O)CCc2ncc(-c3ccc(Cl)cc3)o2)CCOCC1. The van der Waals surface area contributed by atoms with Crippen molar-refractivity contribution in [1.82, 2.24) is 10.3 Å². The molecule has 3 rings (SSSR count). The Morgan fingerprint density at radius 3 is 2.59 bits per heavy atom. The largest absolute Gasteiger partial charge is 0.481 e. The summed E-state index contributed by atoms with van der Waals surface area (Å²) >= 11 is 5.88. The maximum absolute atomic E-state index is 12.4. The summed E-state index contributed by atoms with van der Waals surface area (Å²) in [4.78, 5) is 27.7. The van der Waals surface area contributed by atoms with E-state index >= 15 is 0 Å². The number of carbonyl (C=O) groups excluding carboxylic acids is 1. The summed E-state index contributed by atoms with van der Waals surface area (Å²) in [7, 11) is 0. The van der Waals surface area contributed by atoms with Crippen molar-refractivity contribution >= 4 is 23.5 Å². The molecule has 0 aliphatic carbocycles. The second kappa shape index (κ2) is 8.54. The molecule has 0 atom stereocenters. The van der Waals surface area contributed by atoms with Gasteiger partial charge in [-0.3, -0.25) is 9.59 Å². The monoisotopic (exact) mass is 392 g/mol. The lowest BCUT2D eigenvalue weighted by Gasteiger charge is -2.36. The number of rotatable bonds is 7. The first-order valence-electron chi connectivity index (χ1n) is 8.77. The lowest BCUT2D eigenvalue weighted by Crippen LogP contribution is -2.53. The molecule has 27 heavy (non-hydrogen) atoms. The molecule has 2 N–H and O–H groups in total. The van der Waals surface area contributed by atoms with Gasteiger partial charge in [0.15, 0.2) is 11.7 Å². The second-order valence-corrected chi connectivity index (χ2v) is 7.07. The highest BCUT2D eigenvalue weighted by Crippen LogP contribution is 2.25. The number of halogens is 1. The first kappa shape index (κ1) is 19.4. The minimum Gasteiger partial charge on any atom is -0.481 e. The van der Waals surface area contributed by atoms with E-state index in [1.807, 2.05) is 12.1 Å². The summed E-state index contributed by atoms with van der Waals surface area (Å²) in [5, 5.41) is 12.7. The number of carbonyl (C=O) groups is 2. The number of benzene rings is 1. The molecule has 7 nitrogen and oxygen atoms in total. The maximum Gasteiger partial charge on any atom is 0.305 e. The number of carboxylic acids is 1. The van der Waals surface area contributed by atoms with Gasteiger partial charge < -0.3 is 19.6 Å². The number of hydrogen-bond donors (Lipinski definition) is 2. The van der Waals surface area contributed by atoms with Crippen molar-refractivity contribution in [2.75, 3.05) is 13.2 Å². The quantitative estimate of drug-likeness (QED) is 0.750. The Kier molecular flexibility index (Phi) is 6.13. The highest BCUT2D eigenvalue weighted by atomic mass is 35.5. The van der Waals surface area contributed by atoms with Crippen LogP contribution in [0.4, 0.5) is 0 Å². The fourth-order valence-electron chi connectivity index (χ4n) is 3.15. The van der Waals surface area contributed by atoms with Crippen LogP contribution in [-0.4, -0.2) is 40.7 Å². The smallest absolute Gasteiger partial charge is 0.305 e. The standard InChI is InChI=1S/C19H21ClN2O5/c20-14-3-1-13(2-4-14)15-12-21-17(27-15)6-5-16(23)22-19(11-18(24)25)7-9-26-10-8-19/h1-4,12H,5-11H2,(H,22,23)(H,24,25). The summed E-state index contributed by atoms with van der Waals surface area (Å²) in [6.45, 7) is 0.884. The van der Waals surface area contributed by atoms with Crippen LogP contribution in [0.3, 0.4) is 0 Å². The third-order valence-corrected chi connectivity index (χ3v) is 4.84. The molecule has 1 aromatic carbocycles. The molecule has 0 bridgehead atoms. The number of nitrogens with zero attached hydrogens (tertiary/aromatic N) is 1. The Morgan fingerprint density at radius 1 is 1.22 bits per heavy atom. The minimum absolute atomic E-state index is 0.109. The van der Waals surface area contributed by atoms with E-state index in [9.17, 15) is 9.59 Å². The second-order valence-electron chi connectivity index (χ2n) is 6.64. The van der Waals surface area contributed by atoms with Gasteiger partial charge in [0, 0.05) is 36.6 Å². The fourth-order valence-corrected chi connectivity index (χ4v) is 3.28. The van der Waals surface area contributed by atoms with Crippen LogP contribution in [0.25, 0.3) is 11.3 Å². The summed E-state index contributed by atoms with van der Waals surface area (Å²) in [6, 6.07) is 7.20. The Labute approximate surface area is 161 Å². The predicted molar refractivity (Wildman–Crippen MR) is 98.4 cm³/mol. The van der Waals surface area contributed by atoms with Crippen LogP contribution >= 0.6 is 11.6 Å². The van der Waals surface area contributed by atoms with E-state index in [0.717, 1.165) is 5.56 Å². The van der Waals surface area contributed by atoms with Crippen molar-refractivity contribution < 1.29 is 23.8 Å². The summed E-state index contributed by atoms with van der Waals surface area (Å²) < 4.78 is 11.0. The van der Waals surface area contributed by atoms with Gasteiger partial charge in [-0.1, -0.05) is 11.6 Å². The average Bonchev–Trinajstić information content (AvgIpc) is 3.09. The lowest BCUT2D eigenvalue weighted by molar-refractivity contribution is -0.140. The molecule has 144 valence electrons. The minimum atomic E-state index is -0.933. The van der Waals surface area contributed by atoms with Gasteiger partial charge in [-0.15, -0.1) is 0 Å². The molecule has 1 aliphatic heterocycles. The third kappa shape index (κ3) is 5.30. The van der Waals surface area contributed by atoms with Crippen molar-refractivity contribution in [1.29, 1.82) is 0 Å². The maximum atomic E-state index is 12.4. The fraction of sp³-hybridized carbons (Fsp3) is 0.421. The van der Waals surface area contributed by atoms with Crippen molar-refractivity contribution in [2.45, 2.75) is 37.6 Å². The Morgan fingerprint density at radius 2 is 1.93 bits per heavy atom. The van der Waals surface area contributed by atoms with Gasteiger partial charge >= 0.3 is 5.97 Å². The third-order valence-electron chi connectivity index (χ3n) is 4.59. The number of carboxylic acid groups (broad SMARTS) is 1. The summed E-state index contributed by atoms with van der Waals surface area (Å²) in [5.74, 6) is -0.0925. The first-order chi connectivity index (χ1) is 13.0. The number of oxazole rings is 1. The zero-order chi connectivity index (χ0) is 19.3. The van der Waals surface area contributed by atoms with Gasteiger partial charge in [0.2, 0.25) is 5.91 Å². The molecule has 0 spiro atoms. The molecule has 0 radical (unpaired) electrons. The molecule has 1 aliphatic rings. The van der Waals surface area contributed by atoms with Crippen LogP contribution in [0.1, 0.15) is 31.6 Å². The number of aromatic nitrogens is 1. The number of aliphatic carboxylic acids is 1. The molecule has 8 heteroatoms. The molecular weight excluding hydrogens is 372 g/mol. The van der Waals surface area contributed by atoms with E-state index in [0.29, 0.717) is 49.1 Å². The zero-order valence-electron chi connectivity index (χ0n) is 14.7. The topological polar surface area (TPSA) is 102 Å². The van der Waals surface area contributed by atoms with Gasteiger partial charge in [0.25, 0.3) is 0 Å². The molecule has 0 saturated carbocycles. The molecule has 2 heterocycles. The van der Waals surface area contributed by atoms with E-state index in [4.69, 9.17) is 25.9 Å². The number of hydrogen-bond acceptors (Lipinski definition) is 5. The predicted octanol–water partition coefficient (Wildman–Crippen LogP) is 3.07. The molecule has 1 amide bonds. The molecule has 0 unspecified atom stereocenters. The molecule has 1 fully saturated rings. The van der Waals surface area contributed by atoms with Gasteiger partial charge in [-0.05, 0) is 37.1 Å². The van der Waals surface area contributed by atoms with Crippen molar-refractivity contribution in [3.8, 4) is 11.3 Å². The van der Waals surface area contributed by atoms with Crippen molar-refractivity contribution in [3.05, 3.63) is 41.4 Å². The zero-order valence-corrected chi connectivity index (χ0v) is 15.5.